The lowest BCUT2D eigenvalue weighted by molar-refractivity contribution is 0.158. The van der Waals surface area contributed by atoms with Gasteiger partial charge in [-0.25, -0.2) is 0 Å². The zero-order chi connectivity index (χ0) is 13.4. The maximum absolute atomic E-state index is 9.36. The first-order valence-electron chi connectivity index (χ1n) is 7.61. The van der Waals surface area contributed by atoms with E-state index in [2.05, 4.69) is 24.2 Å². The highest BCUT2D eigenvalue weighted by molar-refractivity contribution is 4.81. The van der Waals surface area contributed by atoms with Gasteiger partial charge >= 0.3 is 0 Å². The number of rotatable bonds is 7. The minimum absolute atomic E-state index is 0.107. The van der Waals surface area contributed by atoms with E-state index in [1.165, 1.54) is 38.5 Å². The van der Waals surface area contributed by atoms with Crippen LogP contribution in [-0.4, -0.2) is 48.8 Å². The van der Waals surface area contributed by atoms with Crippen molar-refractivity contribution in [3.63, 3.8) is 0 Å². The summed E-state index contributed by atoms with van der Waals surface area (Å²) in [5, 5.41) is 12.6. The van der Waals surface area contributed by atoms with Gasteiger partial charge in [0.1, 0.15) is 0 Å². The van der Waals surface area contributed by atoms with Crippen LogP contribution >= 0.6 is 0 Å². The summed E-state index contributed by atoms with van der Waals surface area (Å²) in [6.45, 7) is 3.47. The van der Waals surface area contributed by atoms with Gasteiger partial charge in [-0.05, 0) is 53.2 Å². The van der Waals surface area contributed by atoms with Crippen LogP contribution in [0.5, 0.6) is 0 Å². The number of nitrogens with one attached hydrogen (secondary N) is 1. The molecular formula is C15H32N2O. The van der Waals surface area contributed by atoms with Crippen LogP contribution in [-0.2, 0) is 0 Å². The Bertz CT molecular complexity index is 209. The first kappa shape index (κ1) is 15.9. The van der Waals surface area contributed by atoms with Crippen LogP contribution in [0.15, 0.2) is 0 Å². The van der Waals surface area contributed by atoms with Gasteiger partial charge in [-0.1, -0.05) is 25.7 Å². The molecular weight excluding hydrogens is 224 g/mol. The van der Waals surface area contributed by atoms with Gasteiger partial charge in [0.2, 0.25) is 0 Å². The molecule has 2 N–H and O–H groups in total. The summed E-state index contributed by atoms with van der Waals surface area (Å²) in [4.78, 5) is 2.54. The topological polar surface area (TPSA) is 35.5 Å². The Labute approximate surface area is 113 Å². The number of likely N-dealkylation sites (N-methyl/N-ethyl adjacent to an activating group) is 1. The molecule has 0 amide bonds. The second-order valence-corrected chi connectivity index (χ2v) is 6.20. The average Bonchev–Trinajstić information content (AvgIpc) is 2.67. The standard InChI is InChI=1S/C15H32N2O/c1-15(13-18,16-2)11-8-12-17(3)14-9-6-4-5-7-10-14/h14,16,18H,4-13H2,1-3H3. The van der Waals surface area contributed by atoms with Gasteiger partial charge in [-0.3, -0.25) is 0 Å². The van der Waals surface area contributed by atoms with Crippen molar-refractivity contribution in [1.29, 1.82) is 0 Å². The van der Waals surface area contributed by atoms with Crippen LogP contribution in [0.3, 0.4) is 0 Å². The van der Waals surface area contributed by atoms with Crippen LogP contribution in [0.25, 0.3) is 0 Å². The van der Waals surface area contributed by atoms with E-state index in [-0.39, 0.29) is 12.1 Å². The molecule has 0 aromatic rings. The molecule has 1 atom stereocenters. The molecule has 1 aliphatic rings. The summed E-state index contributed by atoms with van der Waals surface area (Å²) >= 11 is 0. The molecule has 1 fully saturated rings. The molecule has 0 aromatic carbocycles. The molecule has 18 heavy (non-hydrogen) atoms. The second kappa shape index (κ2) is 8.13. The Morgan fingerprint density at radius 1 is 1.22 bits per heavy atom. The van der Waals surface area contributed by atoms with Crippen LogP contribution in [0.1, 0.15) is 58.3 Å². The summed E-state index contributed by atoms with van der Waals surface area (Å²) < 4.78 is 0. The zero-order valence-corrected chi connectivity index (χ0v) is 12.5. The number of hydrogen-bond acceptors (Lipinski definition) is 3. The molecule has 1 rings (SSSR count). The van der Waals surface area contributed by atoms with Crippen LogP contribution < -0.4 is 5.32 Å². The highest BCUT2D eigenvalue weighted by Gasteiger charge is 2.21. The Balaban J connectivity index is 2.25. The SMILES string of the molecule is CNC(C)(CO)CCCN(C)C1CCCCCC1. The lowest BCUT2D eigenvalue weighted by atomic mass is 9.96. The molecule has 108 valence electrons. The minimum atomic E-state index is -0.107. The normalized spacial score (nSPS) is 21.8. The first-order valence-corrected chi connectivity index (χ1v) is 7.61. The smallest absolute Gasteiger partial charge is 0.0610 e. The molecule has 3 heteroatoms. The first-order chi connectivity index (χ1) is 8.61. The van der Waals surface area contributed by atoms with Crippen molar-refractivity contribution < 1.29 is 5.11 Å². The summed E-state index contributed by atoms with van der Waals surface area (Å²) in [5.41, 5.74) is -0.107. The molecule has 0 aliphatic heterocycles. The maximum atomic E-state index is 9.36. The summed E-state index contributed by atoms with van der Waals surface area (Å²) in [6, 6.07) is 0.794. The van der Waals surface area contributed by atoms with Gasteiger partial charge in [-0.15, -0.1) is 0 Å². The van der Waals surface area contributed by atoms with E-state index in [1.54, 1.807) is 0 Å². The average molecular weight is 256 g/mol. The van der Waals surface area contributed by atoms with E-state index >= 15 is 0 Å². The van der Waals surface area contributed by atoms with Gasteiger partial charge in [0.25, 0.3) is 0 Å². The summed E-state index contributed by atoms with van der Waals surface area (Å²) in [5.74, 6) is 0. The van der Waals surface area contributed by atoms with Crippen molar-refractivity contribution in [1.82, 2.24) is 10.2 Å². The van der Waals surface area contributed by atoms with Crippen molar-refractivity contribution in [3.05, 3.63) is 0 Å². The van der Waals surface area contributed by atoms with Crippen LogP contribution in [0.4, 0.5) is 0 Å². The third-order valence-electron chi connectivity index (χ3n) is 4.64. The van der Waals surface area contributed by atoms with Gasteiger partial charge in [0, 0.05) is 11.6 Å². The van der Waals surface area contributed by atoms with Gasteiger partial charge in [-0.2, -0.15) is 0 Å². The molecule has 0 heterocycles. The quantitative estimate of drug-likeness (QED) is 0.687. The fourth-order valence-corrected chi connectivity index (χ4v) is 2.88. The Morgan fingerprint density at radius 2 is 1.83 bits per heavy atom. The summed E-state index contributed by atoms with van der Waals surface area (Å²) in [7, 11) is 4.21. The van der Waals surface area contributed by atoms with Gasteiger partial charge in [0.05, 0.1) is 6.61 Å². The number of hydrogen-bond donors (Lipinski definition) is 2. The lowest BCUT2D eigenvalue weighted by Gasteiger charge is -2.30. The molecule has 1 unspecified atom stereocenters. The van der Waals surface area contributed by atoms with Crippen molar-refractivity contribution in [2.45, 2.75) is 69.9 Å². The predicted molar refractivity (Wildman–Crippen MR) is 77.9 cm³/mol. The van der Waals surface area contributed by atoms with E-state index in [0.29, 0.717) is 0 Å². The monoisotopic (exact) mass is 256 g/mol. The van der Waals surface area contributed by atoms with E-state index < -0.39 is 0 Å². The van der Waals surface area contributed by atoms with Gasteiger partial charge in [0.15, 0.2) is 0 Å². The Morgan fingerprint density at radius 3 is 2.33 bits per heavy atom. The van der Waals surface area contributed by atoms with Crippen LogP contribution in [0.2, 0.25) is 0 Å². The number of nitrogens with zero attached hydrogens (tertiary/aromatic N) is 1. The molecule has 0 bridgehead atoms. The summed E-state index contributed by atoms with van der Waals surface area (Å²) in [6.07, 6.45) is 10.6. The minimum Gasteiger partial charge on any atom is -0.394 e. The fourth-order valence-electron chi connectivity index (χ4n) is 2.88. The zero-order valence-electron chi connectivity index (χ0n) is 12.5. The third-order valence-corrected chi connectivity index (χ3v) is 4.64. The molecule has 0 saturated heterocycles. The molecule has 3 nitrogen and oxygen atoms in total. The van der Waals surface area contributed by atoms with E-state index in [9.17, 15) is 5.11 Å². The molecule has 1 aliphatic carbocycles. The Kier molecular flexibility index (Phi) is 7.20. The van der Waals surface area contributed by atoms with Crippen molar-refractivity contribution in [2.24, 2.45) is 0 Å². The highest BCUT2D eigenvalue weighted by Crippen LogP contribution is 2.21. The number of aliphatic hydroxyl groups excluding tert-OH is 1. The van der Waals surface area contributed by atoms with E-state index in [0.717, 1.165) is 25.4 Å². The molecule has 1 saturated carbocycles. The molecule has 0 aromatic heterocycles. The molecule has 0 radical (unpaired) electrons. The van der Waals surface area contributed by atoms with Crippen molar-refractivity contribution >= 4 is 0 Å². The van der Waals surface area contributed by atoms with E-state index in [1.807, 2.05) is 7.05 Å². The van der Waals surface area contributed by atoms with E-state index in [4.69, 9.17) is 0 Å². The largest absolute Gasteiger partial charge is 0.394 e. The third kappa shape index (κ3) is 5.25. The van der Waals surface area contributed by atoms with Crippen molar-refractivity contribution in [2.75, 3.05) is 27.2 Å². The highest BCUT2D eigenvalue weighted by atomic mass is 16.3. The maximum Gasteiger partial charge on any atom is 0.0610 e. The van der Waals surface area contributed by atoms with Gasteiger partial charge < -0.3 is 15.3 Å². The molecule has 0 spiro atoms. The Hall–Kier alpha value is -0.120. The fraction of sp³-hybridized carbons (Fsp3) is 1.00. The van der Waals surface area contributed by atoms with Crippen molar-refractivity contribution in [3.8, 4) is 0 Å². The second-order valence-electron chi connectivity index (χ2n) is 6.20. The number of aliphatic hydroxyl groups is 1. The van der Waals surface area contributed by atoms with Crippen LogP contribution in [0, 0.1) is 0 Å². The predicted octanol–water partition coefficient (Wildman–Crippen LogP) is 2.39. The lowest BCUT2D eigenvalue weighted by Crippen LogP contribution is -2.44.